The standard InChI is InChI=1S/C47H57N7O6.C22H20N8O4/c1-8-10-15-34(9-2)45(57)51-38-29-39(55)54-44(50-38)41(46(58)59-43-32(5)26-30(3)27-33(43)6)42(35-16-12-11-13-17-35)47(54)53(24-20-40(56)60-47)37-19-18-36(28-31(37)4)52(23-14-21-48)25-22-49-7;1-5-28(6-2)14-7-8-16(25-11-14)29-21(33)26-12-18(32)34-22(29)19(24-4)15(10-23)20-27-13(3)9-17(31)30(20)22/h11-13,16-19,28-30,32-34,43H,8-10,14-15,20,22-27H2,1-6H3,(H,51,57);7-9,11H,5-6,12H2,1-3H3,(H,26,33). The molecule has 3 fully saturated rings. The summed E-state index contributed by atoms with van der Waals surface area (Å²) >= 11 is 0. The molecule has 0 radical (unpaired) electrons. The molecule has 10 rings (SSSR count). The summed E-state index contributed by atoms with van der Waals surface area (Å²) < 4.78 is 20.8. The molecule has 2 saturated heterocycles. The summed E-state index contributed by atoms with van der Waals surface area (Å²) in [6.45, 7) is 35.2. The first-order chi connectivity index (χ1) is 45.2. The van der Waals surface area contributed by atoms with Crippen LogP contribution in [0.1, 0.15) is 128 Å². The molecular formula is C69H77N15O10. The number of hydrogen-bond donors (Lipinski definition) is 2. The van der Waals surface area contributed by atoms with Crippen molar-refractivity contribution in [2.45, 2.75) is 131 Å². The molecule has 1 aliphatic carbocycles. The topological polar surface area (TPSA) is 289 Å². The number of amides is 3. The van der Waals surface area contributed by atoms with Crippen molar-refractivity contribution >= 4 is 75.3 Å². The third kappa shape index (κ3) is 12.8. The summed E-state index contributed by atoms with van der Waals surface area (Å²) in [5.74, 6) is -6.88. The Morgan fingerprint density at radius 3 is 2.17 bits per heavy atom. The van der Waals surface area contributed by atoms with E-state index in [4.69, 9.17) is 32.3 Å². The summed E-state index contributed by atoms with van der Waals surface area (Å²) in [6.07, 6.45) is 6.21. The molecule has 94 heavy (non-hydrogen) atoms. The molecule has 0 bridgehead atoms. The van der Waals surface area contributed by atoms with Gasteiger partial charge in [0, 0.05) is 61.3 Å². The van der Waals surface area contributed by atoms with Crippen molar-refractivity contribution in [2.24, 2.45) is 23.7 Å². The summed E-state index contributed by atoms with van der Waals surface area (Å²) in [7, 11) is 0. The average molecular weight is 1280 g/mol. The molecule has 4 aliphatic heterocycles. The Labute approximate surface area is 545 Å². The van der Waals surface area contributed by atoms with Gasteiger partial charge in [0.25, 0.3) is 16.8 Å². The van der Waals surface area contributed by atoms with Crippen LogP contribution in [-0.4, -0.2) is 106 Å². The number of rotatable bonds is 19. The molecule has 2 N–H and O–H groups in total. The Morgan fingerprint density at radius 1 is 0.851 bits per heavy atom. The number of fused-ring (bicyclic) bond motifs is 4. The first-order valence-electron chi connectivity index (χ1n) is 31.9. The fraction of sp³-hybridized carbons (Fsp3) is 0.449. The molecule has 2 aromatic carbocycles. The number of allylic oxidation sites excluding steroid dienone is 1. The molecule has 25 nitrogen and oxygen atoms in total. The van der Waals surface area contributed by atoms with E-state index < -0.39 is 65.1 Å². The van der Waals surface area contributed by atoms with E-state index in [1.165, 1.54) is 29.0 Å². The molecule has 2 spiro atoms. The third-order valence-corrected chi connectivity index (χ3v) is 17.8. The number of aromatic nitrogens is 5. The highest BCUT2D eigenvalue weighted by Crippen LogP contribution is 2.53. The molecule has 25 heteroatoms. The van der Waals surface area contributed by atoms with Crippen molar-refractivity contribution < 1.29 is 38.2 Å². The molecule has 488 valence electrons. The van der Waals surface area contributed by atoms with Gasteiger partial charge in [-0.15, -0.1) is 0 Å². The monoisotopic (exact) mass is 1280 g/mol. The number of benzene rings is 2. The smallest absolute Gasteiger partial charge is 0.342 e. The van der Waals surface area contributed by atoms with Crippen LogP contribution in [0.3, 0.4) is 0 Å². The lowest BCUT2D eigenvalue weighted by atomic mass is 9.75. The number of nitrogens with one attached hydrogen (secondary N) is 2. The SMILES string of the molecule is [C-]#[N+]C1=C(C#N)c2nc(C)cc(=O)n2C12OC(=O)CNC(=O)N2c1ccc(N(CC)CC)cn1.[C-]#[N+]CCN(CCC#N)c1ccc(N2CCC(=O)OC23C(c2ccccc2)=C(C(=O)OC2C(C)CC(C)CC2C)c2nc(NC(=O)C(CC)CCCC)cc(=O)n23)c(C)c1. The minimum Gasteiger partial charge on any atom is -0.458 e. The van der Waals surface area contributed by atoms with Crippen LogP contribution in [0.15, 0.2) is 94.3 Å². The number of carbonyl (C=O) groups is 5. The van der Waals surface area contributed by atoms with E-state index in [2.05, 4.69) is 64.1 Å². The summed E-state index contributed by atoms with van der Waals surface area (Å²) in [6, 6.07) is 23.6. The van der Waals surface area contributed by atoms with E-state index in [1.54, 1.807) is 25.1 Å². The fourth-order valence-corrected chi connectivity index (χ4v) is 13.6. The normalized spacial score (nSPS) is 21.4. The van der Waals surface area contributed by atoms with E-state index in [-0.39, 0.29) is 89.6 Å². The summed E-state index contributed by atoms with van der Waals surface area (Å²) in [5.41, 5.74) is 1.93. The Balaban J connectivity index is 0.000000258. The van der Waals surface area contributed by atoms with E-state index in [9.17, 15) is 39.3 Å². The number of anilines is 5. The number of ether oxygens (including phenoxy) is 3. The number of hydrogen-bond acceptors (Lipinski definition) is 18. The third-order valence-electron chi connectivity index (χ3n) is 17.8. The molecular weight excluding hydrogens is 1200 g/mol. The molecule has 5 unspecified atom stereocenters. The fourth-order valence-electron chi connectivity index (χ4n) is 13.6. The number of pyridine rings is 1. The number of aryl methyl sites for hydroxylation is 2. The minimum atomic E-state index is -2.40. The predicted octanol–water partition coefficient (Wildman–Crippen LogP) is 9.29. The van der Waals surface area contributed by atoms with Crippen LogP contribution < -0.4 is 41.4 Å². The predicted molar refractivity (Wildman–Crippen MR) is 352 cm³/mol. The molecule has 3 aromatic heterocycles. The van der Waals surface area contributed by atoms with Crippen molar-refractivity contribution in [1.82, 2.24) is 29.4 Å². The van der Waals surface area contributed by atoms with Crippen LogP contribution in [0.5, 0.6) is 0 Å². The molecule has 1 saturated carbocycles. The number of unbranched alkanes of at least 4 members (excludes halogenated alkanes) is 1. The van der Waals surface area contributed by atoms with Gasteiger partial charge in [-0.25, -0.2) is 50.0 Å². The van der Waals surface area contributed by atoms with Crippen LogP contribution >= 0.6 is 0 Å². The van der Waals surface area contributed by atoms with Gasteiger partial charge in [0.15, 0.2) is 5.82 Å². The highest BCUT2D eigenvalue weighted by Gasteiger charge is 2.61. The van der Waals surface area contributed by atoms with Crippen LogP contribution in [0.4, 0.5) is 33.5 Å². The van der Waals surface area contributed by atoms with Crippen molar-refractivity contribution in [1.29, 1.82) is 10.5 Å². The van der Waals surface area contributed by atoms with Gasteiger partial charge in [0.1, 0.15) is 41.3 Å². The number of nitrogens with zero attached hydrogens (tertiary/aromatic N) is 13. The Kier molecular flexibility index (Phi) is 20.8. The zero-order valence-electron chi connectivity index (χ0n) is 54.4. The Morgan fingerprint density at radius 2 is 1.54 bits per heavy atom. The largest absolute Gasteiger partial charge is 0.458 e. The summed E-state index contributed by atoms with van der Waals surface area (Å²) in [4.78, 5) is 124. The zero-order chi connectivity index (χ0) is 67.8. The number of esters is 3. The molecule has 7 heterocycles. The van der Waals surface area contributed by atoms with Crippen LogP contribution in [0.25, 0.3) is 26.4 Å². The quantitative estimate of drug-likeness (QED) is 0.0442. The van der Waals surface area contributed by atoms with E-state index in [1.807, 2.05) is 84.9 Å². The van der Waals surface area contributed by atoms with Crippen LogP contribution in [0.2, 0.25) is 0 Å². The number of carbonyl (C=O) groups excluding carboxylic acids is 5. The highest BCUT2D eigenvalue weighted by atomic mass is 16.6. The Hall–Kier alpha value is -10.7. The number of urea groups is 1. The van der Waals surface area contributed by atoms with Gasteiger partial charge in [0.05, 0.1) is 55.6 Å². The average Bonchev–Trinajstić information content (AvgIpc) is 1.53. The maximum atomic E-state index is 15.1. The van der Waals surface area contributed by atoms with Gasteiger partial charge in [-0.1, -0.05) is 77.8 Å². The van der Waals surface area contributed by atoms with Gasteiger partial charge < -0.3 is 44.4 Å². The highest BCUT2D eigenvalue weighted by molar-refractivity contribution is 6.26. The first-order valence-corrected chi connectivity index (χ1v) is 31.9. The lowest BCUT2D eigenvalue weighted by Crippen LogP contribution is -2.60. The maximum Gasteiger partial charge on any atom is 0.342 e. The number of nitriles is 2. The van der Waals surface area contributed by atoms with Gasteiger partial charge >= 0.3 is 35.6 Å². The van der Waals surface area contributed by atoms with E-state index in [0.717, 1.165) is 65.2 Å². The van der Waals surface area contributed by atoms with Gasteiger partial charge in [-0.3, -0.25) is 24.0 Å². The van der Waals surface area contributed by atoms with Crippen molar-refractivity contribution in [3.8, 4) is 12.1 Å². The summed E-state index contributed by atoms with van der Waals surface area (Å²) in [5, 5.41) is 24.5. The zero-order valence-corrected chi connectivity index (χ0v) is 54.4. The van der Waals surface area contributed by atoms with Gasteiger partial charge in [0.2, 0.25) is 12.5 Å². The van der Waals surface area contributed by atoms with Crippen molar-refractivity contribution in [3.63, 3.8) is 0 Å². The Bertz CT molecular complexity index is 4100. The lowest BCUT2D eigenvalue weighted by Gasteiger charge is -2.47. The van der Waals surface area contributed by atoms with Gasteiger partial charge in [-0.05, 0) is 113 Å². The second-order valence-electron chi connectivity index (χ2n) is 24.1. The molecule has 5 aliphatic rings. The van der Waals surface area contributed by atoms with E-state index in [0.29, 0.717) is 48.8 Å². The molecule has 5 aromatic rings. The lowest BCUT2D eigenvalue weighted by molar-refractivity contribution is -0.168. The van der Waals surface area contributed by atoms with Crippen LogP contribution in [-0.2, 0) is 45.1 Å². The second-order valence-corrected chi connectivity index (χ2v) is 24.1. The molecule has 5 atom stereocenters. The minimum absolute atomic E-state index is 0.00173. The van der Waals surface area contributed by atoms with Crippen molar-refractivity contribution in [3.05, 3.63) is 157 Å². The first kappa shape index (κ1) is 67.7. The molecule has 3 amide bonds. The van der Waals surface area contributed by atoms with Gasteiger partial charge in [-0.2, -0.15) is 10.5 Å². The van der Waals surface area contributed by atoms with Crippen molar-refractivity contribution in [2.75, 3.05) is 70.7 Å². The second kappa shape index (κ2) is 28.9. The van der Waals surface area contributed by atoms with E-state index >= 15 is 4.79 Å². The van der Waals surface area contributed by atoms with Crippen LogP contribution in [0, 0.1) is 73.3 Å². The maximum absolute atomic E-state index is 15.1.